The van der Waals surface area contributed by atoms with E-state index in [4.69, 9.17) is 0 Å². The summed E-state index contributed by atoms with van der Waals surface area (Å²) >= 11 is 0. The van der Waals surface area contributed by atoms with Crippen LogP contribution >= 0.6 is 0 Å². The second-order valence-corrected chi connectivity index (χ2v) is 2.02. The standard InChI is InChI=1S/C6H5O.C5H.Fe/c7-5-6-3-1-2-4-6;1-2-4-5-3-1;/h1-5H;1H;/q-1;-5;. The zero-order chi connectivity index (χ0) is 8.65. The van der Waals surface area contributed by atoms with Gasteiger partial charge in [-0.25, -0.2) is 12.1 Å². The minimum absolute atomic E-state index is 0. The fourth-order valence-corrected chi connectivity index (χ4v) is 0.648. The van der Waals surface area contributed by atoms with Gasteiger partial charge in [0.15, 0.2) is 0 Å². The Morgan fingerprint density at radius 1 is 1.15 bits per heavy atom. The average molecular weight is 210 g/mol. The van der Waals surface area contributed by atoms with E-state index in [-0.39, 0.29) is 17.1 Å². The van der Waals surface area contributed by atoms with Crippen LogP contribution in [0.15, 0.2) is 30.3 Å². The summed E-state index contributed by atoms with van der Waals surface area (Å²) in [5.41, 5.74) is 0.750. The fourth-order valence-electron chi connectivity index (χ4n) is 0.648. The van der Waals surface area contributed by atoms with E-state index < -0.39 is 0 Å². The second kappa shape index (κ2) is 7.53. The van der Waals surface area contributed by atoms with E-state index >= 15 is 0 Å². The molecule has 70 valence electrons. The van der Waals surface area contributed by atoms with Gasteiger partial charge in [0.25, 0.3) is 0 Å². The molecule has 0 fully saturated rings. The molecule has 0 aromatic heterocycles. The summed E-state index contributed by atoms with van der Waals surface area (Å²) in [5.74, 6) is 0. The maximum Gasteiger partial charge on any atom is 0.0949 e. The zero-order valence-electron chi connectivity index (χ0n) is 6.73. The molecular weight excluding hydrogens is 204 g/mol. The van der Waals surface area contributed by atoms with Gasteiger partial charge in [-0.1, -0.05) is 5.56 Å². The Bertz CT molecular complexity index is 265. The van der Waals surface area contributed by atoms with Gasteiger partial charge in [-0.15, -0.1) is 0 Å². The fraction of sp³-hybridized carbons (Fsp3) is 0. The van der Waals surface area contributed by atoms with E-state index in [1.807, 2.05) is 12.1 Å². The maximum absolute atomic E-state index is 9.87. The number of aldehydes is 1. The number of carbonyl (C=O) groups is 1. The van der Waals surface area contributed by atoms with Crippen LogP contribution in [0.5, 0.6) is 0 Å². The Morgan fingerprint density at radius 2 is 1.69 bits per heavy atom. The molecule has 1 nitrogen and oxygen atoms in total. The van der Waals surface area contributed by atoms with Crippen LogP contribution in [0.2, 0.25) is 0 Å². The normalized spacial score (nSPS) is 7.69. The molecule has 13 heavy (non-hydrogen) atoms. The molecule has 0 aliphatic heterocycles. The third-order valence-electron chi connectivity index (χ3n) is 1.18. The van der Waals surface area contributed by atoms with Gasteiger partial charge in [0.2, 0.25) is 0 Å². The summed E-state index contributed by atoms with van der Waals surface area (Å²) in [4.78, 5) is 9.87. The SMILES string of the molecule is O=C[c-]1cccc1.[Fe].[c-]1[c-][c-][cH-][c-]1. The van der Waals surface area contributed by atoms with E-state index in [0.717, 1.165) is 11.8 Å². The number of carbonyl (C=O) groups excluding carboxylic acids is 1. The quantitative estimate of drug-likeness (QED) is 0.398. The van der Waals surface area contributed by atoms with E-state index in [1.165, 1.54) is 0 Å². The summed E-state index contributed by atoms with van der Waals surface area (Å²) in [6.07, 6.45) is 0.833. The molecule has 0 N–H and O–H groups in total. The Labute approximate surface area is 88.6 Å². The molecule has 2 aromatic rings. The topological polar surface area (TPSA) is 17.1 Å². The first kappa shape index (κ1) is 11.9. The maximum atomic E-state index is 9.87. The first-order valence-corrected chi connectivity index (χ1v) is 3.43. The predicted octanol–water partition coefficient (Wildman–Crippen LogP) is 1.82. The predicted molar refractivity (Wildman–Crippen MR) is 44.8 cm³/mol. The molecule has 0 amide bonds. The van der Waals surface area contributed by atoms with E-state index in [1.54, 1.807) is 18.2 Å². The van der Waals surface area contributed by atoms with Crippen LogP contribution in [-0.2, 0) is 17.1 Å². The third kappa shape index (κ3) is 5.18. The molecule has 0 saturated heterocycles. The minimum Gasteiger partial charge on any atom is -0.999 e. The molecule has 2 rings (SSSR count). The summed E-state index contributed by atoms with van der Waals surface area (Å²) in [6.45, 7) is 0. The minimum atomic E-state index is 0. The van der Waals surface area contributed by atoms with Crippen molar-refractivity contribution in [2.75, 3.05) is 0 Å². The van der Waals surface area contributed by atoms with Crippen molar-refractivity contribution in [3.63, 3.8) is 0 Å². The third-order valence-corrected chi connectivity index (χ3v) is 1.18. The van der Waals surface area contributed by atoms with Gasteiger partial charge in [0.1, 0.15) is 0 Å². The van der Waals surface area contributed by atoms with Crippen LogP contribution in [0.3, 0.4) is 0 Å². The second-order valence-electron chi connectivity index (χ2n) is 2.02. The number of hydrogen-bond donors (Lipinski definition) is 0. The van der Waals surface area contributed by atoms with Crippen LogP contribution in [-0.4, -0.2) is 6.29 Å². The van der Waals surface area contributed by atoms with Crippen molar-refractivity contribution in [3.8, 4) is 0 Å². The molecule has 0 aliphatic rings. The van der Waals surface area contributed by atoms with Crippen molar-refractivity contribution in [1.29, 1.82) is 0 Å². The van der Waals surface area contributed by atoms with Crippen molar-refractivity contribution in [1.82, 2.24) is 0 Å². The molecule has 0 spiro atoms. The average Bonchev–Trinajstić information content (AvgIpc) is 2.81. The Balaban J connectivity index is 0.000000215. The van der Waals surface area contributed by atoms with Crippen LogP contribution < -0.4 is 0 Å². The Hall–Kier alpha value is -1.11. The molecule has 2 heteroatoms. The van der Waals surface area contributed by atoms with Gasteiger partial charge in [0.05, 0.1) is 6.29 Å². The first-order chi connectivity index (χ1) is 5.93. The zero-order valence-corrected chi connectivity index (χ0v) is 7.83. The Morgan fingerprint density at radius 3 is 1.92 bits per heavy atom. The first-order valence-electron chi connectivity index (χ1n) is 3.43. The van der Waals surface area contributed by atoms with E-state index in [9.17, 15) is 4.79 Å². The monoisotopic (exact) mass is 210 g/mol. The van der Waals surface area contributed by atoms with Gasteiger partial charge in [0, 0.05) is 17.1 Å². The van der Waals surface area contributed by atoms with Crippen molar-refractivity contribution >= 4 is 6.29 Å². The summed E-state index contributed by atoms with van der Waals surface area (Å²) in [5, 5.41) is 0. The van der Waals surface area contributed by atoms with E-state index in [2.05, 4.69) is 24.3 Å². The molecule has 0 unspecified atom stereocenters. The van der Waals surface area contributed by atoms with Gasteiger partial charge >= 0.3 is 0 Å². The smallest absolute Gasteiger partial charge is 0.0949 e. The summed E-state index contributed by atoms with van der Waals surface area (Å²) in [7, 11) is 0. The Kier molecular flexibility index (Phi) is 6.89. The molecule has 0 heterocycles. The molecule has 0 bridgehead atoms. The van der Waals surface area contributed by atoms with Crippen molar-refractivity contribution < 1.29 is 21.9 Å². The molecular formula is C11H6FeO-6. The molecule has 0 radical (unpaired) electrons. The van der Waals surface area contributed by atoms with Crippen molar-refractivity contribution in [2.45, 2.75) is 0 Å². The largest absolute Gasteiger partial charge is 0.999 e. The summed E-state index contributed by atoms with van der Waals surface area (Å²) < 4.78 is 0. The number of hydrogen-bond acceptors (Lipinski definition) is 1. The van der Waals surface area contributed by atoms with Crippen LogP contribution in [0.25, 0.3) is 0 Å². The number of rotatable bonds is 1. The summed E-state index contributed by atoms with van der Waals surface area (Å²) in [6, 6.07) is 19.2. The van der Waals surface area contributed by atoms with Crippen molar-refractivity contribution in [3.05, 3.63) is 60.2 Å². The van der Waals surface area contributed by atoms with Gasteiger partial charge < -0.3 is 35.1 Å². The molecule has 0 aliphatic carbocycles. The van der Waals surface area contributed by atoms with Crippen LogP contribution in [0, 0.1) is 24.3 Å². The van der Waals surface area contributed by atoms with Crippen LogP contribution in [0.4, 0.5) is 0 Å². The van der Waals surface area contributed by atoms with Crippen LogP contribution in [0.1, 0.15) is 10.4 Å². The van der Waals surface area contributed by atoms with Gasteiger partial charge in [-0.3, -0.25) is 0 Å². The van der Waals surface area contributed by atoms with E-state index in [0.29, 0.717) is 0 Å². The molecule has 0 atom stereocenters. The molecule has 2 aromatic carbocycles. The van der Waals surface area contributed by atoms with Crippen molar-refractivity contribution in [2.24, 2.45) is 0 Å². The van der Waals surface area contributed by atoms with Gasteiger partial charge in [-0.05, 0) is 0 Å². The molecule has 0 saturated carbocycles. The van der Waals surface area contributed by atoms with Gasteiger partial charge in [-0.2, -0.15) is 12.1 Å².